The van der Waals surface area contributed by atoms with Gasteiger partial charge in [0, 0.05) is 17.8 Å². The van der Waals surface area contributed by atoms with Crippen LogP contribution in [0.15, 0.2) is 42.5 Å². The Morgan fingerprint density at radius 1 is 1.07 bits per heavy atom. The Hall–Kier alpha value is -3.35. The molecule has 28 heavy (non-hydrogen) atoms. The number of methoxy groups -OCH3 is 2. The van der Waals surface area contributed by atoms with Gasteiger partial charge in [0.1, 0.15) is 17.3 Å². The largest absolute Gasteiger partial charge is 0.497 e. The normalized spacial score (nSPS) is 11.8. The quantitative estimate of drug-likeness (QED) is 0.579. The van der Waals surface area contributed by atoms with Crippen molar-refractivity contribution in [3.8, 4) is 11.5 Å². The molecule has 1 N–H and O–H groups in total. The summed E-state index contributed by atoms with van der Waals surface area (Å²) < 4.78 is 29.0. The number of halogens is 1. The molecular formula is C21H22FNO5. The van der Waals surface area contributed by atoms with Crippen molar-refractivity contribution in [2.75, 3.05) is 19.5 Å². The fourth-order valence-electron chi connectivity index (χ4n) is 2.27. The van der Waals surface area contributed by atoms with Gasteiger partial charge in [-0.2, -0.15) is 0 Å². The van der Waals surface area contributed by atoms with Gasteiger partial charge < -0.3 is 19.5 Å². The van der Waals surface area contributed by atoms with Crippen molar-refractivity contribution >= 4 is 23.6 Å². The first kappa shape index (κ1) is 21.0. The topological polar surface area (TPSA) is 73.9 Å². The van der Waals surface area contributed by atoms with Gasteiger partial charge >= 0.3 is 5.97 Å². The Bertz CT molecular complexity index is 872. The molecule has 2 aromatic carbocycles. The van der Waals surface area contributed by atoms with E-state index in [-0.39, 0.29) is 5.69 Å². The Kier molecular flexibility index (Phi) is 7.14. The Morgan fingerprint density at radius 2 is 1.71 bits per heavy atom. The molecule has 2 aromatic rings. The molecule has 1 atom stereocenters. The minimum absolute atomic E-state index is 0.287. The van der Waals surface area contributed by atoms with E-state index in [1.807, 2.05) is 0 Å². The number of hydrogen-bond donors (Lipinski definition) is 1. The minimum Gasteiger partial charge on any atom is -0.497 e. The molecule has 6 nitrogen and oxygen atoms in total. The Morgan fingerprint density at radius 3 is 2.29 bits per heavy atom. The standard InChI is InChI=1S/C21H22FNO5/c1-13-5-7-16(11-19(13)22)23-21(25)14(2)28-20(24)8-6-15-9-17(26-3)12-18(10-15)27-4/h5-12,14H,1-4H3,(H,23,25)/b8-6+/t14-/m1/s1. The number of hydrogen-bond acceptors (Lipinski definition) is 5. The first-order valence-corrected chi connectivity index (χ1v) is 8.51. The fraction of sp³-hybridized carbons (Fsp3) is 0.238. The van der Waals surface area contributed by atoms with E-state index >= 15 is 0 Å². The van der Waals surface area contributed by atoms with Crippen LogP contribution in [0, 0.1) is 12.7 Å². The van der Waals surface area contributed by atoms with Crippen LogP contribution < -0.4 is 14.8 Å². The average molecular weight is 387 g/mol. The lowest BCUT2D eigenvalue weighted by molar-refractivity contribution is -0.148. The molecule has 0 spiro atoms. The fourth-order valence-corrected chi connectivity index (χ4v) is 2.27. The summed E-state index contributed by atoms with van der Waals surface area (Å²) in [6.07, 6.45) is 1.66. The first-order chi connectivity index (χ1) is 13.3. The van der Waals surface area contributed by atoms with E-state index in [1.165, 1.54) is 39.4 Å². The van der Waals surface area contributed by atoms with Gasteiger partial charge in [-0.3, -0.25) is 4.79 Å². The number of carbonyl (C=O) groups is 2. The second kappa shape index (κ2) is 9.55. The van der Waals surface area contributed by atoms with Crippen molar-refractivity contribution in [2.45, 2.75) is 20.0 Å². The van der Waals surface area contributed by atoms with Crippen molar-refractivity contribution in [3.05, 3.63) is 59.4 Å². The zero-order valence-electron chi connectivity index (χ0n) is 16.1. The maximum Gasteiger partial charge on any atom is 0.331 e. The lowest BCUT2D eigenvalue weighted by Gasteiger charge is -2.12. The monoisotopic (exact) mass is 387 g/mol. The van der Waals surface area contributed by atoms with Crippen LogP contribution >= 0.6 is 0 Å². The molecule has 7 heteroatoms. The molecule has 0 fully saturated rings. The van der Waals surface area contributed by atoms with Crippen LogP contribution in [-0.2, 0) is 14.3 Å². The number of aryl methyl sites for hydroxylation is 1. The predicted octanol–water partition coefficient (Wildman–Crippen LogP) is 3.73. The summed E-state index contributed by atoms with van der Waals surface area (Å²) in [5, 5.41) is 2.51. The van der Waals surface area contributed by atoms with E-state index in [2.05, 4.69) is 5.32 Å². The van der Waals surface area contributed by atoms with Gasteiger partial charge in [0.05, 0.1) is 14.2 Å². The summed E-state index contributed by atoms with van der Waals surface area (Å²) in [7, 11) is 3.05. The van der Waals surface area contributed by atoms with Crippen LogP contribution in [0.3, 0.4) is 0 Å². The molecule has 0 bridgehead atoms. The van der Waals surface area contributed by atoms with E-state index in [1.54, 1.807) is 37.3 Å². The molecule has 0 aliphatic carbocycles. The highest BCUT2D eigenvalue weighted by molar-refractivity contribution is 5.96. The van der Waals surface area contributed by atoms with Crippen LogP contribution in [0.25, 0.3) is 6.08 Å². The maximum atomic E-state index is 13.5. The molecule has 2 rings (SSSR count). The van der Waals surface area contributed by atoms with Crippen LogP contribution in [0.4, 0.5) is 10.1 Å². The summed E-state index contributed by atoms with van der Waals surface area (Å²) in [5.74, 6) is -0.539. The third-order valence-corrected chi connectivity index (χ3v) is 3.89. The first-order valence-electron chi connectivity index (χ1n) is 8.51. The van der Waals surface area contributed by atoms with Crippen molar-refractivity contribution in [1.29, 1.82) is 0 Å². The predicted molar refractivity (Wildman–Crippen MR) is 104 cm³/mol. The van der Waals surface area contributed by atoms with Gasteiger partial charge in [-0.1, -0.05) is 6.07 Å². The van der Waals surface area contributed by atoms with Crippen molar-refractivity contribution < 1.29 is 28.2 Å². The van der Waals surface area contributed by atoms with Crippen LogP contribution in [0.1, 0.15) is 18.1 Å². The lowest BCUT2D eigenvalue weighted by atomic mass is 10.2. The number of rotatable bonds is 7. The summed E-state index contributed by atoms with van der Waals surface area (Å²) in [5.41, 5.74) is 1.42. The van der Waals surface area contributed by atoms with Gasteiger partial charge in [-0.05, 0) is 55.3 Å². The molecule has 0 unspecified atom stereocenters. The van der Waals surface area contributed by atoms with Crippen molar-refractivity contribution in [3.63, 3.8) is 0 Å². The zero-order valence-corrected chi connectivity index (χ0v) is 16.1. The number of amides is 1. The zero-order chi connectivity index (χ0) is 20.7. The third kappa shape index (κ3) is 5.84. The number of ether oxygens (including phenoxy) is 3. The second-order valence-electron chi connectivity index (χ2n) is 6.01. The van der Waals surface area contributed by atoms with Crippen molar-refractivity contribution in [2.24, 2.45) is 0 Å². The second-order valence-corrected chi connectivity index (χ2v) is 6.01. The highest BCUT2D eigenvalue weighted by atomic mass is 19.1. The lowest BCUT2D eigenvalue weighted by Crippen LogP contribution is -2.29. The van der Waals surface area contributed by atoms with Crippen LogP contribution in [0.2, 0.25) is 0 Å². The summed E-state index contributed by atoms with van der Waals surface area (Å²) >= 11 is 0. The molecule has 0 saturated carbocycles. The Balaban J connectivity index is 1.97. The average Bonchev–Trinajstić information content (AvgIpc) is 2.68. The van der Waals surface area contributed by atoms with Gasteiger partial charge in [0.2, 0.25) is 0 Å². The summed E-state index contributed by atoms with van der Waals surface area (Å²) in [6, 6.07) is 9.46. The number of nitrogens with one attached hydrogen (secondary N) is 1. The van der Waals surface area contributed by atoms with E-state index in [9.17, 15) is 14.0 Å². The van der Waals surface area contributed by atoms with Crippen molar-refractivity contribution in [1.82, 2.24) is 0 Å². The third-order valence-electron chi connectivity index (χ3n) is 3.89. The highest BCUT2D eigenvalue weighted by Gasteiger charge is 2.17. The molecule has 1 amide bonds. The van der Waals surface area contributed by atoms with E-state index in [4.69, 9.17) is 14.2 Å². The minimum atomic E-state index is -1.05. The SMILES string of the molecule is COc1cc(/C=C/C(=O)O[C@H](C)C(=O)Nc2ccc(C)c(F)c2)cc(OC)c1. The molecular weight excluding hydrogens is 365 g/mol. The molecule has 0 radical (unpaired) electrons. The van der Waals surface area contributed by atoms with E-state index < -0.39 is 23.8 Å². The molecule has 148 valence electrons. The smallest absolute Gasteiger partial charge is 0.331 e. The highest BCUT2D eigenvalue weighted by Crippen LogP contribution is 2.23. The van der Waals surface area contributed by atoms with Crippen LogP contribution in [-0.4, -0.2) is 32.2 Å². The number of anilines is 1. The molecule has 0 heterocycles. The van der Waals surface area contributed by atoms with Gasteiger partial charge in [-0.15, -0.1) is 0 Å². The molecule has 0 saturated heterocycles. The molecule has 0 aromatic heterocycles. The van der Waals surface area contributed by atoms with Gasteiger partial charge in [0.15, 0.2) is 6.10 Å². The van der Waals surface area contributed by atoms with Crippen LogP contribution in [0.5, 0.6) is 11.5 Å². The summed E-state index contributed by atoms with van der Waals surface area (Å²) in [4.78, 5) is 24.1. The maximum absolute atomic E-state index is 13.5. The molecule has 0 aliphatic rings. The number of esters is 1. The van der Waals surface area contributed by atoms with Gasteiger partial charge in [0.25, 0.3) is 5.91 Å². The Labute approximate surface area is 162 Å². The number of benzene rings is 2. The molecule has 0 aliphatic heterocycles. The number of carbonyl (C=O) groups excluding carboxylic acids is 2. The summed E-state index contributed by atoms with van der Waals surface area (Å²) in [6.45, 7) is 3.05. The van der Waals surface area contributed by atoms with Gasteiger partial charge in [-0.25, -0.2) is 9.18 Å². The van der Waals surface area contributed by atoms with E-state index in [0.717, 1.165) is 0 Å². The van der Waals surface area contributed by atoms with E-state index in [0.29, 0.717) is 22.6 Å².